The average molecular weight is 309 g/mol. The number of amides is 4. The molecular formula is C16H27N3O3. The van der Waals surface area contributed by atoms with Crippen LogP contribution >= 0.6 is 0 Å². The maximum atomic E-state index is 12.0. The highest BCUT2D eigenvalue weighted by molar-refractivity contribution is 6.06. The molecule has 2 rings (SSSR count). The summed E-state index contributed by atoms with van der Waals surface area (Å²) in [6.07, 6.45) is 5.49. The Labute approximate surface area is 132 Å². The van der Waals surface area contributed by atoms with Crippen LogP contribution in [-0.4, -0.2) is 40.9 Å². The first-order valence-corrected chi connectivity index (χ1v) is 8.25. The third kappa shape index (κ3) is 3.78. The van der Waals surface area contributed by atoms with Crippen molar-refractivity contribution in [3.05, 3.63) is 0 Å². The standard InChI is InChI=1S/C16H27N3O3/c1-11-7-4-5-8-12(11)17-13(20)9-6-10-19-14(21)16(2,3)18-15(19)22/h11-12H,4-10H2,1-3H3,(H,17,20)(H,18,22)/t11-,12-/m1/s1. The van der Waals surface area contributed by atoms with E-state index in [4.69, 9.17) is 0 Å². The van der Waals surface area contributed by atoms with Crippen LogP contribution in [0.2, 0.25) is 0 Å². The summed E-state index contributed by atoms with van der Waals surface area (Å²) in [5.74, 6) is 0.327. The first kappa shape index (κ1) is 16.8. The molecule has 0 aromatic heterocycles. The molecule has 1 heterocycles. The minimum absolute atomic E-state index is 0.0186. The van der Waals surface area contributed by atoms with Gasteiger partial charge in [-0.05, 0) is 39.0 Å². The van der Waals surface area contributed by atoms with Gasteiger partial charge in [-0.2, -0.15) is 0 Å². The van der Waals surface area contributed by atoms with E-state index in [1.165, 1.54) is 24.2 Å². The number of rotatable bonds is 5. The van der Waals surface area contributed by atoms with Crippen molar-refractivity contribution >= 4 is 17.8 Å². The Hall–Kier alpha value is -1.59. The fourth-order valence-electron chi connectivity index (χ4n) is 3.23. The second-order valence-electron chi connectivity index (χ2n) is 7.05. The van der Waals surface area contributed by atoms with Gasteiger partial charge in [-0.15, -0.1) is 0 Å². The zero-order valence-corrected chi connectivity index (χ0v) is 13.8. The van der Waals surface area contributed by atoms with Gasteiger partial charge in [-0.25, -0.2) is 4.79 Å². The molecule has 2 fully saturated rings. The van der Waals surface area contributed by atoms with Gasteiger partial charge in [0.05, 0.1) is 0 Å². The summed E-state index contributed by atoms with van der Waals surface area (Å²) in [5.41, 5.74) is -0.836. The van der Waals surface area contributed by atoms with Crippen LogP contribution in [0.3, 0.4) is 0 Å². The molecule has 0 spiro atoms. The molecule has 1 aliphatic carbocycles. The molecule has 2 N–H and O–H groups in total. The van der Waals surface area contributed by atoms with Crippen LogP contribution in [0.4, 0.5) is 4.79 Å². The minimum atomic E-state index is -0.836. The third-order valence-electron chi connectivity index (χ3n) is 4.69. The van der Waals surface area contributed by atoms with Gasteiger partial charge in [-0.3, -0.25) is 14.5 Å². The number of carbonyl (C=O) groups is 3. The highest BCUT2D eigenvalue weighted by Gasteiger charge is 2.43. The lowest BCUT2D eigenvalue weighted by molar-refractivity contribution is -0.130. The van der Waals surface area contributed by atoms with Gasteiger partial charge in [0.1, 0.15) is 5.54 Å². The lowest BCUT2D eigenvalue weighted by Gasteiger charge is -2.29. The van der Waals surface area contributed by atoms with E-state index in [1.54, 1.807) is 13.8 Å². The molecule has 0 radical (unpaired) electrons. The quantitative estimate of drug-likeness (QED) is 0.760. The SMILES string of the molecule is C[C@@H]1CCCC[C@H]1NC(=O)CCCN1C(=O)NC(C)(C)C1=O. The second-order valence-corrected chi connectivity index (χ2v) is 7.05. The van der Waals surface area contributed by atoms with Gasteiger partial charge in [0.2, 0.25) is 5.91 Å². The number of hydrogen-bond acceptors (Lipinski definition) is 3. The molecular weight excluding hydrogens is 282 g/mol. The van der Waals surface area contributed by atoms with Gasteiger partial charge in [-0.1, -0.05) is 19.8 Å². The smallest absolute Gasteiger partial charge is 0.325 e. The maximum Gasteiger partial charge on any atom is 0.325 e. The number of imide groups is 1. The summed E-state index contributed by atoms with van der Waals surface area (Å²) in [6.45, 7) is 5.84. The second kappa shape index (κ2) is 6.67. The van der Waals surface area contributed by atoms with E-state index in [1.807, 2.05) is 0 Å². The van der Waals surface area contributed by atoms with E-state index in [0.29, 0.717) is 25.3 Å². The fraction of sp³-hybridized carbons (Fsp3) is 0.812. The van der Waals surface area contributed by atoms with E-state index in [-0.39, 0.29) is 23.9 Å². The zero-order valence-electron chi connectivity index (χ0n) is 13.8. The number of nitrogens with one attached hydrogen (secondary N) is 2. The number of carbonyl (C=O) groups excluding carboxylic acids is 3. The molecule has 4 amide bonds. The molecule has 22 heavy (non-hydrogen) atoms. The number of urea groups is 1. The van der Waals surface area contributed by atoms with Gasteiger partial charge in [0, 0.05) is 19.0 Å². The van der Waals surface area contributed by atoms with Gasteiger partial charge in [0.15, 0.2) is 0 Å². The van der Waals surface area contributed by atoms with Crippen LogP contribution in [0.5, 0.6) is 0 Å². The van der Waals surface area contributed by atoms with E-state index >= 15 is 0 Å². The molecule has 2 aliphatic rings. The molecule has 124 valence electrons. The normalized spacial score (nSPS) is 27.7. The van der Waals surface area contributed by atoms with Gasteiger partial charge < -0.3 is 10.6 Å². The van der Waals surface area contributed by atoms with E-state index < -0.39 is 5.54 Å². The summed E-state index contributed by atoms with van der Waals surface area (Å²) in [7, 11) is 0. The molecule has 1 saturated carbocycles. The Morgan fingerprint density at radius 1 is 1.32 bits per heavy atom. The van der Waals surface area contributed by atoms with Crippen molar-refractivity contribution in [1.29, 1.82) is 0 Å². The highest BCUT2D eigenvalue weighted by Crippen LogP contribution is 2.23. The van der Waals surface area contributed by atoms with Crippen molar-refractivity contribution in [2.24, 2.45) is 5.92 Å². The fourth-order valence-corrected chi connectivity index (χ4v) is 3.23. The van der Waals surface area contributed by atoms with E-state index in [9.17, 15) is 14.4 Å². The zero-order chi connectivity index (χ0) is 16.3. The van der Waals surface area contributed by atoms with Crippen LogP contribution in [-0.2, 0) is 9.59 Å². The first-order chi connectivity index (χ1) is 10.3. The largest absolute Gasteiger partial charge is 0.353 e. The molecule has 0 aromatic carbocycles. The van der Waals surface area contributed by atoms with E-state index in [0.717, 1.165) is 6.42 Å². The predicted molar refractivity (Wildman–Crippen MR) is 83.1 cm³/mol. The van der Waals surface area contributed by atoms with Crippen LogP contribution < -0.4 is 10.6 Å². The van der Waals surface area contributed by atoms with Crippen molar-refractivity contribution < 1.29 is 14.4 Å². The average Bonchev–Trinajstić information content (AvgIpc) is 2.63. The van der Waals surface area contributed by atoms with Crippen molar-refractivity contribution in [3.8, 4) is 0 Å². The lowest BCUT2D eigenvalue weighted by Crippen LogP contribution is -2.41. The Balaban J connectivity index is 1.73. The molecule has 0 aromatic rings. The van der Waals surface area contributed by atoms with Crippen molar-refractivity contribution in [3.63, 3.8) is 0 Å². The van der Waals surface area contributed by atoms with Gasteiger partial charge in [0.25, 0.3) is 5.91 Å². The minimum Gasteiger partial charge on any atom is -0.353 e. The Morgan fingerprint density at radius 3 is 2.59 bits per heavy atom. The summed E-state index contributed by atoms with van der Waals surface area (Å²) in [5, 5.41) is 5.73. The Bertz CT molecular complexity index is 462. The molecule has 1 saturated heterocycles. The topological polar surface area (TPSA) is 78.5 Å². The molecule has 0 unspecified atom stereocenters. The molecule has 0 bridgehead atoms. The highest BCUT2D eigenvalue weighted by atomic mass is 16.2. The number of hydrogen-bond donors (Lipinski definition) is 2. The summed E-state index contributed by atoms with van der Waals surface area (Å²) in [4.78, 5) is 37.0. The van der Waals surface area contributed by atoms with Crippen molar-refractivity contribution in [2.45, 2.75) is 70.9 Å². The van der Waals surface area contributed by atoms with Crippen LogP contribution in [0.1, 0.15) is 59.3 Å². The summed E-state index contributed by atoms with van der Waals surface area (Å²) >= 11 is 0. The Morgan fingerprint density at radius 2 is 2.00 bits per heavy atom. The summed E-state index contributed by atoms with van der Waals surface area (Å²) < 4.78 is 0. The van der Waals surface area contributed by atoms with Crippen molar-refractivity contribution in [2.75, 3.05) is 6.54 Å². The van der Waals surface area contributed by atoms with Gasteiger partial charge >= 0.3 is 6.03 Å². The van der Waals surface area contributed by atoms with Crippen molar-refractivity contribution in [1.82, 2.24) is 15.5 Å². The third-order valence-corrected chi connectivity index (χ3v) is 4.69. The van der Waals surface area contributed by atoms with Crippen LogP contribution in [0, 0.1) is 5.92 Å². The van der Waals surface area contributed by atoms with E-state index in [2.05, 4.69) is 17.6 Å². The van der Waals surface area contributed by atoms with Crippen LogP contribution in [0.15, 0.2) is 0 Å². The molecule has 6 nitrogen and oxygen atoms in total. The first-order valence-electron chi connectivity index (χ1n) is 8.25. The molecule has 6 heteroatoms. The molecule has 1 aliphatic heterocycles. The lowest BCUT2D eigenvalue weighted by atomic mass is 9.86. The Kier molecular flexibility index (Phi) is 5.08. The summed E-state index contributed by atoms with van der Waals surface area (Å²) in [6, 6.07) is -0.0896. The van der Waals surface area contributed by atoms with Crippen LogP contribution in [0.25, 0.3) is 0 Å². The molecule has 2 atom stereocenters. The monoisotopic (exact) mass is 309 g/mol. The number of nitrogens with zero attached hydrogens (tertiary/aromatic N) is 1. The predicted octanol–water partition coefficient (Wildman–Crippen LogP) is 1.79. The maximum absolute atomic E-state index is 12.0.